The molecule has 0 heterocycles. The molecule has 5 nitrogen and oxygen atoms in total. The zero-order valence-corrected chi connectivity index (χ0v) is 16.6. The van der Waals surface area contributed by atoms with E-state index in [2.05, 4.69) is 10.6 Å². The molecule has 0 saturated heterocycles. The van der Waals surface area contributed by atoms with Crippen molar-refractivity contribution in [2.75, 3.05) is 25.5 Å². The van der Waals surface area contributed by atoms with E-state index in [4.69, 9.17) is 9.47 Å². The molecule has 0 aliphatic rings. The molecule has 0 saturated carbocycles. The first kappa shape index (κ1) is 20.3. The van der Waals surface area contributed by atoms with Crippen LogP contribution < -0.4 is 20.1 Å². The Morgan fingerprint density at radius 3 is 2.31 bits per heavy atom. The molecule has 0 aromatic heterocycles. The zero-order chi connectivity index (χ0) is 20.3. The fourth-order valence-electron chi connectivity index (χ4n) is 2.85. The van der Waals surface area contributed by atoms with Crippen molar-refractivity contribution in [3.8, 4) is 17.2 Å². The predicted molar refractivity (Wildman–Crippen MR) is 116 cm³/mol. The minimum absolute atomic E-state index is 0.0319. The van der Waals surface area contributed by atoms with Gasteiger partial charge in [-0.05, 0) is 60.5 Å². The molecule has 3 rings (SSSR count). The molecule has 5 heteroatoms. The Morgan fingerprint density at radius 2 is 1.55 bits per heavy atom. The molecule has 0 bridgehead atoms. The topological polar surface area (TPSA) is 59.6 Å². The number of anilines is 1. The smallest absolute Gasteiger partial charge is 0.221 e. The average molecular weight is 390 g/mol. The van der Waals surface area contributed by atoms with Gasteiger partial charge in [-0.2, -0.15) is 0 Å². The summed E-state index contributed by atoms with van der Waals surface area (Å²) in [5, 5.41) is 6.21. The first-order valence-electron chi connectivity index (χ1n) is 9.69. The van der Waals surface area contributed by atoms with Gasteiger partial charge in [-0.25, -0.2) is 0 Å². The summed E-state index contributed by atoms with van der Waals surface area (Å²) in [4.78, 5) is 12.0. The SMILES string of the molecule is COc1cccc(CCNC(=O)CCNc2ccc(Oc3ccccc3)cc2)c1. The van der Waals surface area contributed by atoms with Crippen molar-refractivity contribution in [2.45, 2.75) is 12.8 Å². The fraction of sp³-hybridized carbons (Fsp3) is 0.208. The molecule has 3 aromatic carbocycles. The highest BCUT2D eigenvalue weighted by Crippen LogP contribution is 2.22. The maximum absolute atomic E-state index is 12.0. The van der Waals surface area contributed by atoms with Crippen LogP contribution in [0.2, 0.25) is 0 Å². The van der Waals surface area contributed by atoms with Gasteiger partial charge in [-0.3, -0.25) is 4.79 Å². The Kier molecular flexibility index (Phi) is 7.52. The number of ether oxygens (including phenoxy) is 2. The average Bonchev–Trinajstić information content (AvgIpc) is 2.76. The number of hydrogen-bond acceptors (Lipinski definition) is 4. The third kappa shape index (κ3) is 6.88. The van der Waals surface area contributed by atoms with E-state index in [9.17, 15) is 4.79 Å². The van der Waals surface area contributed by atoms with Gasteiger partial charge in [-0.15, -0.1) is 0 Å². The van der Waals surface area contributed by atoms with Gasteiger partial charge in [0.15, 0.2) is 0 Å². The number of carbonyl (C=O) groups excluding carboxylic acids is 1. The van der Waals surface area contributed by atoms with E-state index in [-0.39, 0.29) is 5.91 Å². The standard InChI is InChI=1S/C24H26N2O3/c1-28-23-9-5-6-19(18-23)14-16-26-24(27)15-17-25-20-10-12-22(13-11-20)29-21-7-3-2-4-8-21/h2-13,18,25H,14-17H2,1H3,(H,26,27). The molecule has 0 fully saturated rings. The Morgan fingerprint density at radius 1 is 0.828 bits per heavy atom. The fourth-order valence-corrected chi connectivity index (χ4v) is 2.85. The van der Waals surface area contributed by atoms with Crippen LogP contribution in [0.5, 0.6) is 17.2 Å². The Bertz CT molecular complexity index is 896. The number of benzene rings is 3. The first-order valence-corrected chi connectivity index (χ1v) is 9.69. The highest BCUT2D eigenvalue weighted by Gasteiger charge is 2.03. The second-order valence-electron chi connectivity index (χ2n) is 6.57. The van der Waals surface area contributed by atoms with Crippen molar-refractivity contribution in [3.63, 3.8) is 0 Å². The van der Waals surface area contributed by atoms with Crippen LogP contribution in [0.1, 0.15) is 12.0 Å². The molecular formula is C24H26N2O3. The van der Waals surface area contributed by atoms with Crippen LogP contribution in [0.3, 0.4) is 0 Å². The highest BCUT2D eigenvalue weighted by molar-refractivity contribution is 5.76. The van der Waals surface area contributed by atoms with Gasteiger partial charge in [0, 0.05) is 25.2 Å². The summed E-state index contributed by atoms with van der Waals surface area (Å²) in [5.41, 5.74) is 2.09. The largest absolute Gasteiger partial charge is 0.497 e. The molecule has 0 radical (unpaired) electrons. The number of nitrogens with one attached hydrogen (secondary N) is 2. The number of hydrogen-bond donors (Lipinski definition) is 2. The summed E-state index contributed by atoms with van der Waals surface area (Å²) in [5.74, 6) is 2.44. The predicted octanol–water partition coefficient (Wildman–Crippen LogP) is 4.65. The van der Waals surface area contributed by atoms with E-state index >= 15 is 0 Å². The van der Waals surface area contributed by atoms with E-state index in [1.54, 1.807) is 7.11 Å². The van der Waals surface area contributed by atoms with Gasteiger partial charge in [0.1, 0.15) is 17.2 Å². The molecule has 150 valence electrons. The van der Waals surface area contributed by atoms with Gasteiger partial charge >= 0.3 is 0 Å². The van der Waals surface area contributed by atoms with Crippen molar-refractivity contribution in [3.05, 3.63) is 84.4 Å². The Labute approximate surface area is 171 Å². The minimum atomic E-state index is 0.0319. The van der Waals surface area contributed by atoms with E-state index in [0.29, 0.717) is 19.5 Å². The van der Waals surface area contributed by atoms with Crippen LogP contribution in [0.15, 0.2) is 78.9 Å². The molecule has 29 heavy (non-hydrogen) atoms. The quantitative estimate of drug-likeness (QED) is 0.529. The lowest BCUT2D eigenvalue weighted by Gasteiger charge is -2.09. The number of carbonyl (C=O) groups is 1. The van der Waals surface area contributed by atoms with Crippen molar-refractivity contribution < 1.29 is 14.3 Å². The minimum Gasteiger partial charge on any atom is -0.497 e. The van der Waals surface area contributed by atoms with Crippen LogP contribution in [-0.4, -0.2) is 26.1 Å². The van der Waals surface area contributed by atoms with Crippen LogP contribution >= 0.6 is 0 Å². The summed E-state index contributed by atoms with van der Waals surface area (Å²) < 4.78 is 11.0. The normalized spacial score (nSPS) is 10.2. The molecule has 0 aliphatic heterocycles. The third-order valence-electron chi connectivity index (χ3n) is 4.38. The van der Waals surface area contributed by atoms with Crippen LogP contribution in [0, 0.1) is 0 Å². The van der Waals surface area contributed by atoms with Gasteiger partial charge in [0.05, 0.1) is 7.11 Å². The highest BCUT2D eigenvalue weighted by atomic mass is 16.5. The zero-order valence-electron chi connectivity index (χ0n) is 16.6. The maximum Gasteiger partial charge on any atom is 0.221 e. The second-order valence-corrected chi connectivity index (χ2v) is 6.57. The van der Waals surface area contributed by atoms with Crippen molar-refractivity contribution in [1.29, 1.82) is 0 Å². The van der Waals surface area contributed by atoms with Gasteiger partial charge in [0.2, 0.25) is 5.91 Å². The van der Waals surface area contributed by atoms with Crippen molar-refractivity contribution in [2.24, 2.45) is 0 Å². The molecular weight excluding hydrogens is 364 g/mol. The first-order chi connectivity index (χ1) is 14.2. The number of methoxy groups -OCH3 is 1. The molecule has 0 unspecified atom stereocenters. The monoisotopic (exact) mass is 390 g/mol. The summed E-state index contributed by atoms with van der Waals surface area (Å²) in [7, 11) is 1.65. The number of para-hydroxylation sites is 1. The van der Waals surface area contributed by atoms with Crippen LogP contribution in [0.4, 0.5) is 5.69 Å². The van der Waals surface area contributed by atoms with Gasteiger partial charge in [0.25, 0.3) is 0 Å². The second kappa shape index (κ2) is 10.8. The third-order valence-corrected chi connectivity index (χ3v) is 4.38. The lowest BCUT2D eigenvalue weighted by Crippen LogP contribution is -2.27. The summed E-state index contributed by atoms with van der Waals surface area (Å²) in [6.45, 7) is 1.18. The molecule has 2 N–H and O–H groups in total. The van der Waals surface area contributed by atoms with Gasteiger partial charge < -0.3 is 20.1 Å². The summed E-state index contributed by atoms with van der Waals surface area (Å²) >= 11 is 0. The molecule has 3 aromatic rings. The van der Waals surface area contributed by atoms with Crippen molar-refractivity contribution in [1.82, 2.24) is 5.32 Å². The lowest BCUT2D eigenvalue weighted by atomic mass is 10.1. The Hall–Kier alpha value is -3.47. The molecule has 0 spiro atoms. The van der Waals surface area contributed by atoms with Crippen LogP contribution in [-0.2, 0) is 11.2 Å². The van der Waals surface area contributed by atoms with E-state index in [1.807, 2.05) is 78.9 Å². The van der Waals surface area contributed by atoms with E-state index in [0.717, 1.165) is 34.9 Å². The van der Waals surface area contributed by atoms with E-state index < -0.39 is 0 Å². The molecule has 0 atom stereocenters. The maximum atomic E-state index is 12.0. The summed E-state index contributed by atoms with van der Waals surface area (Å²) in [6.07, 6.45) is 1.19. The molecule has 1 amide bonds. The Balaban J connectivity index is 1.34. The van der Waals surface area contributed by atoms with Gasteiger partial charge in [-0.1, -0.05) is 30.3 Å². The summed E-state index contributed by atoms with van der Waals surface area (Å²) in [6, 6.07) is 25.2. The van der Waals surface area contributed by atoms with E-state index in [1.165, 1.54) is 0 Å². The number of amides is 1. The van der Waals surface area contributed by atoms with Crippen LogP contribution in [0.25, 0.3) is 0 Å². The van der Waals surface area contributed by atoms with Crippen molar-refractivity contribution >= 4 is 11.6 Å². The number of rotatable bonds is 10. The lowest BCUT2D eigenvalue weighted by molar-refractivity contribution is -0.120. The molecule has 0 aliphatic carbocycles.